The molecule has 1 saturated heterocycles. The van der Waals surface area contributed by atoms with E-state index in [1.165, 1.54) is 12.1 Å². The van der Waals surface area contributed by atoms with Crippen LogP contribution in [0.2, 0.25) is 0 Å². The van der Waals surface area contributed by atoms with Crippen LogP contribution in [0.5, 0.6) is 0 Å². The van der Waals surface area contributed by atoms with Gasteiger partial charge in [0.15, 0.2) is 0 Å². The average molecular weight is 501 g/mol. The van der Waals surface area contributed by atoms with Crippen LogP contribution in [-0.2, 0) is 13.0 Å². The fourth-order valence-electron chi connectivity index (χ4n) is 4.72. The number of carbonyl (C=O) groups is 1. The van der Waals surface area contributed by atoms with E-state index < -0.39 is 0 Å². The highest BCUT2D eigenvalue weighted by Gasteiger charge is 2.30. The van der Waals surface area contributed by atoms with E-state index in [1.807, 2.05) is 30.4 Å². The van der Waals surface area contributed by atoms with E-state index in [0.29, 0.717) is 25.0 Å². The van der Waals surface area contributed by atoms with Gasteiger partial charge < -0.3 is 15.1 Å². The number of urea groups is 1. The maximum Gasteiger partial charge on any atom is 0.318 e. The minimum atomic E-state index is -0.325. The van der Waals surface area contributed by atoms with E-state index >= 15 is 0 Å². The molecule has 7 nitrogen and oxygen atoms in total. The van der Waals surface area contributed by atoms with Gasteiger partial charge in [0.25, 0.3) is 0 Å². The molecule has 2 heterocycles. The normalized spacial score (nSPS) is 15.1. The lowest BCUT2D eigenvalue weighted by atomic mass is 10.1. The molecule has 2 amide bonds. The van der Waals surface area contributed by atoms with E-state index in [0.717, 1.165) is 55.4 Å². The van der Waals surface area contributed by atoms with E-state index in [1.54, 1.807) is 12.1 Å². The Balaban J connectivity index is 2.06. The number of piperazine rings is 1. The zero-order valence-electron chi connectivity index (χ0n) is 23.4. The SMILES string of the molecule is CCc1nn(-c2ccc(F)cc2)c(N2CCN(C(C)C)CC2)c1CN(CC(C)C)C(=O)NC(C)(C)C. The number of amides is 2. The van der Waals surface area contributed by atoms with Crippen LogP contribution < -0.4 is 10.2 Å². The molecular weight excluding hydrogens is 455 g/mol. The van der Waals surface area contributed by atoms with Crippen LogP contribution >= 0.6 is 0 Å². The number of nitrogens with zero attached hydrogens (tertiary/aromatic N) is 5. The smallest absolute Gasteiger partial charge is 0.318 e. The van der Waals surface area contributed by atoms with Crippen LogP contribution in [0.25, 0.3) is 5.69 Å². The molecule has 0 unspecified atom stereocenters. The fourth-order valence-corrected chi connectivity index (χ4v) is 4.72. The Kier molecular flexibility index (Phi) is 9.03. The van der Waals surface area contributed by atoms with E-state index in [9.17, 15) is 9.18 Å². The molecule has 1 aliphatic heterocycles. The summed E-state index contributed by atoms with van der Waals surface area (Å²) in [5.41, 5.74) is 2.55. The van der Waals surface area contributed by atoms with E-state index in [2.05, 4.69) is 49.7 Å². The van der Waals surface area contributed by atoms with Gasteiger partial charge in [0.05, 0.1) is 17.9 Å². The van der Waals surface area contributed by atoms with Crippen molar-refractivity contribution in [2.45, 2.75) is 79.9 Å². The average Bonchev–Trinajstić information content (AvgIpc) is 3.16. The Bertz CT molecular complexity index is 1000. The summed E-state index contributed by atoms with van der Waals surface area (Å²) in [6, 6.07) is 6.94. The third-order valence-electron chi connectivity index (χ3n) is 6.49. The molecule has 200 valence electrons. The Labute approximate surface area is 216 Å². The number of halogens is 1. The van der Waals surface area contributed by atoms with Crippen molar-refractivity contribution < 1.29 is 9.18 Å². The summed E-state index contributed by atoms with van der Waals surface area (Å²) in [5, 5.41) is 8.15. The van der Waals surface area contributed by atoms with Crippen molar-refractivity contribution >= 4 is 11.8 Å². The number of aromatic nitrogens is 2. The van der Waals surface area contributed by atoms with Crippen molar-refractivity contribution in [3.05, 3.63) is 41.3 Å². The first-order valence-electron chi connectivity index (χ1n) is 13.3. The molecule has 0 saturated carbocycles. The minimum absolute atomic E-state index is 0.0663. The van der Waals surface area contributed by atoms with E-state index in [4.69, 9.17) is 5.10 Å². The van der Waals surface area contributed by atoms with Crippen molar-refractivity contribution in [2.75, 3.05) is 37.6 Å². The van der Waals surface area contributed by atoms with Gasteiger partial charge in [-0.2, -0.15) is 5.10 Å². The third-order valence-corrected chi connectivity index (χ3v) is 6.49. The Morgan fingerprint density at radius 2 is 1.69 bits per heavy atom. The van der Waals surface area contributed by atoms with E-state index in [-0.39, 0.29) is 17.4 Å². The minimum Gasteiger partial charge on any atom is -0.354 e. The summed E-state index contributed by atoms with van der Waals surface area (Å²) in [4.78, 5) is 20.1. The van der Waals surface area contributed by atoms with Crippen molar-refractivity contribution in [3.8, 4) is 5.69 Å². The Hall–Kier alpha value is -2.61. The second kappa shape index (κ2) is 11.6. The van der Waals surface area contributed by atoms with Gasteiger partial charge in [0.2, 0.25) is 0 Å². The lowest BCUT2D eigenvalue weighted by molar-refractivity contribution is 0.178. The molecular formula is C28H45FN6O. The lowest BCUT2D eigenvalue weighted by Crippen LogP contribution is -2.50. The molecule has 0 radical (unpaired) electrons. The quantitative estimate of drug-likeness (QED) is 0.550. The van der Waals surface area contributed by atoms with Crippen LogP contribution in [-0.4, -0.2) is 69.9 Å². The number of aryl methyl sites for hydroxylation is 1. The van der Waals surface area contributed by atoms with Crippen LogP contribution in [0.15, 0.2) is 24.3 Å². The summed E-state index contributed by atoms with van der Waals surface area (Å²) in [7, 11) is 0. The largest absolute Gasteiger partial charge is 0.354 e. The summed E-state index contributed by atoms with van der Waals surface area (Å²) >= 11 is 0. The zero-order valence-corrected chi connectivity index (χ0v) is 23.4. The molecule has 36 heavy (non-hydrogen) atoms. The highest BCUT2D eigenvalue weighted by molar-refractivity contribution is 5.75. The second-order valence-electron chi connectivity index (χ2n) is 11.6. The van der Waals surface area contributed by atoms with Gasteiger partial charge in [-0.1, -0.05) is 20.8 Å². The maximum absolute atomic E-state index is 13.7. The Morgan fingerprint density at radius 1 is 1.08 bits per heavy atom. The first-order valence-corrected chi connectivity index (χ1v) is 13.3. The molecule has 0 bridgehead atoms. The van der Waals surface area contributed by atoms with Crippen LogP contribution in [0.4, 0.5) is 15.0 Å². The van der Waals surface area contributed by atoms with Gasteiger partial charge in [-0.05, 0) is 71.2 Å². The molecule has 0 aliphatic carbocycles. The van der Waals surface area contributed by atoms with Gasteiger partial charge in [-0.15, -0.1) is 0 Å². The molecule has 3 rings (SSSR count). The summed E-state index contributed by atoms with van der Waals surface area (Å²) in [6.07, 6.45) is 0.749. The summed E-state index contributed by atoms with van der Waals surface area (Å²) < 4.78 is 15.7. The highest BCUT2D eigenvalue weighted by Crippen LogP contribution is 2.31. The predicted octanol–water partition coefficient (Wildman–Crippen LogP) is 5.07. The van der Waals surface area contributed by atoms with Crippen LogP contribution in [0.1, 0.15) is 66.6 Å². The predicted molar refractivity (Wildman–Crippen MR) is 145 cm³/mol. The summed E-state index contributed by atoms with van der Waals surface area (Å²) in [6.45, 7) is 21.6. The van der Waals surface area contributed by atoms with Crippen LogP contribution in [0, 0.1) is 11.7 Å². The molecule has 1 aromatic heterocycles. The number of nitrogens with one attached hydrogen (secondary N) is 1. The number of carbonyl (C=O) groups excluding carboxylic acids is 1. The van der Waals surface area contributed by atoms with Crippen LogP contribution in [0.3, 0.4) is 0 Å². The monoisotopic (exact) mass is 500 g/mol. The van der Waals surface area contributed by atoms with Gasteiger partial charge in [-0.3, -0.25) is 4.90 Å². The van der Waals surface area contributed by atoms with Gasteiger partial charge in [-0.25, -0.2) is 13.9 Å². The molecule has 1 aliphatic rings. The zero-order chi connectivity index (χ0) is 26.6. The van der Waals surface area contributed by atoms with Gasteiger partial charge in [0.1, 0.15) is 11.6 Å². The molecule has 1 fully saturated rings. The van der Waals surface area contributed by atoms with Crippen molar-refractivity contribution in [1.29, 1.82) is 0 Å². The number of rotatable bonds is 8. The molecule has 0 atom stereocenters. The van der Waals surface area contributed by atoms with Crippen molar-refractivity contribution in [1.82, 2.24) is 24.9 Å². The molecule has 0 spiro atoms. The topological polar surface area (TPSA) is 56.6 Å². The number of hydrogen-bond donors (Lipinski definition) is 1. The standard InChI is InChI=1S/C28H45FN6O/c1-9-25-24(19-34(18-20(2)3)27(36)30-28(6,7)8)26(33-16-14-32(15-17-33)21(4)5)35(31-25)23-12-10-22(29)11-13-23/h10-13,20-21H,9,14-19H2,1-8H3,(H,30,36). The summed E-state index contributed by atoms with van der Waals surface area (Å²) in [5.74, 6) is 1.07. The number of anilines is 1. The molecule has 1 aromatic carbocycles. The Morgan fingerprint density at radius 3 is 2.19 bits per heavy atom. The number of hydrogen-bond acceptors (Lipinski definition) is 4. The first-order chi connectivity index (χ1) is 16.9. The molecule has 2 aromatic rings. The highest BCUT2D eigenvalue weighted by atomic mass is 19.1. The fraction of sp³-hybridized carbons (Fsp3) is 0.643. The molecule has 8 heteroatoms. The van der Waals surface area contributed by atoms with Crippen molar-refractivity contribution in [3.63, 3.8) is 0 Å². The number of benzene rings is 1. The lowest BCUT2D eigenvalue weighted by Gasteiger charge is -2.39. The van der Waals surface area contributed by atoms with Gasteiger partial charge in [0, 0.05) is 49.9 Å². The maximum atomic E-state index is 13.7. The van der Waals surface area contributed by atoms with Crippen molar-refractivity contribution in [2.24, 2.45) is 5.92 Å². The van der Waals surface area contributed by atoms with Gasteiger partial charge >= 0.3 is 6.03 Å². The third kappa shape index (κ3) is 6.99. The first kappa shape index (κ1) is 28.0. The molecule has 1 N–H and O–H groups in total. The second-order valence-corrected chi connectivity index (χ2v) is 11.6.